The maximum absolute atomic E-state index is 11.6. The van der Waals surface area contributed by atoms with Crippen LogP contribution in [0.3, 0.4) is 0 Å². The Morgan fingerprint density at radius 1 is 1.33 bits per heavy atom. The van der Waals surface area contributed by atoms with Crippen molar-refractivity contribution in [2.75, 3.05) is 25.1 Å². The van der Waals surface area contributed by atoms with Gasteiger partial charge in [0.1, 0.15) is 0 Å². The van der Waals surface area contributed by atoms with Gasteiger partial charge in [-0.2, -0.15) is 0 Å². The minimum atomic E-state index is -2.93. The first-order valence-electron chi connectivity index (χ1n) is 7.77. The number of hydrogen-bond donors (Lipinski definition) is 2. The van der Waals surface area contributed by atoms with Gasteiger partial charge in [0.25, 0.3) is 0 Å². The molecular weight excluding hydrogens is 369 g/mol. The Morgan fingerprint density at radius 3 is 2.46 bits per heavy atom. The molecule has 0 bridgehead atoms. The van der Waals surface area contributed by atoms with Gasteiger partial charge in [0.15, 0.2) is 15.8 Å². The molecule has 1 unspecified atom stereocenters. The molecule has 1 aliphatic rings. The molecule has 5 nitrogen and oxygen atoms in total. The standard InChI is InChI=1S/C16H23Cl2N3O2S/c1-16(2,14-12(17)5-4-6-13(14)18)10-20-15(19-3)21-11-7-8-24(22,23)9-11/h4-6,11H,7-10H2,1-3H3,(H2,19,20,21). The summed E-state index contributed by atoms with van der Waals surface area (Å²) in [7, 11) is -1.27. The number of hydrogen-bond acceptors (Lipinski definition) is 3. The van der Waals surface area contributed by atoms with Gasteiger partial charge in [-0.15, -0.1) is 0 Å². The van der Waals surface area contributed by atoms with Gasteiger partial charge in [-0.25, -0.2) is 8.42 Å². The summed E-state index contributed by atoms with van der Waals surface area (Å²) in [5.74, 6) is 0.948. The van der Waals surface area contributed by atoms with E-state index in [0.717, 1.165) is 5.56 Å². The lowest BCUT2D eigenvalue weighted by atomic mass is 9.84. The van der Waals surface area contributed by atoms with Crippen LogP contribution in [-0.2, 0) is 15.3 Å². The van der Waals surface area contributed by atoms with Crippen LogP contribution in [0.4, 0.5) is 0 Å². The highest BCUT2D eigenvalue weighted by molar-refractivity contribution is 7.91. The van der Waals surface area contributed by atoms with Gasteiger partial charge < -0.3 is 10.6 Å². The Hall–Kier alpha value is -0.980. The average molecular weight is 392 g/mol. The SMILES string of the molecule is CN=C(NCC(C)(C)c1c(Cl)cccc1Cl)NC1CCS(=O)(=O)C1. The maximum atomic E-state index is 11.6. The summed E-state index contributed by atoms with van der Waals surface area (Å²) in [4.78, 5) is 4.17. The van der Waals surface area contributed by atoms with Gasteiger partial charge in [0, 0.05) is 35.1 Å². The average Bonchev–Trinajstić information content (AvgIpc) is 2.82. The first-order valence-corrected chi connectivity index (χ1v) is 10.3. The molecule has 0 aromatic heterocycles. The molecule has 1 atom stereocenters. The van der Waals surface area contributed by atoms with Gasteiger partial charge in [0.05, 0.1) is 11.5 Å². The minimum Gasteiger partial charge on any atom is -0.356 e. The number of nitrogens with one attached hydrogen (secondary N) is 2. The highest BCUT2D eigenvalue weighted by Gasteiger charge is 2.30. The van der Waals surface area contributed by atoms with E-state index in [1.54, 1.807) is 7.05 Å². The van der Waals surface area contributed by atoms with Crippen LogP contribution in [0.2, 0.25) is 10.0 Å². The van der Waals surface area contributed by atoms with E-state index in [9.17, 15) is 8.42 Å². The molecule has 0 aliphatic carbocycles. The zero-order chi connectivity index (χ0) is 18.0. The molecule has 0 amide bonds. The van der Waals surface area contributed by atoms with Crippen LogP contribution in [0.15, 0.2) is 23.2 Å². The van der Waals surface area contributed by atoms with Crippen molar-refractivity contribution in [3.05, 3.63) is 33.8 Å². The molecule has 1 aromatic carbocycles. The van der Waals surface area contributed by atoms with Gasteiger partial charge in [-0.1, -0.05) is 43.1 Å². The number of nitrogens with zero attached hydrogens (tertiary/aromatic N) is 1. The summed E-state index contributed by atoms with van der Waals surface area (Å²) in [6.07, 6.45) is 0.600. The molecule has 24 heavy (non-hydrogen) atoms. The lowest BCUT2D eigenvalue weighted by Gasteiger charge is -2.29. The monoisotopic (exact) mass is 391 g/mol. The lowest BCUT2D eigenvalue weighted by molar-refractivity contribution is 0.505. The van der Waals surface area contributed by atoms with Crippen LogP contribution in [0, 0.1) is 0 Å². The highest BCUT2D eigenvalue weighted by Crippen LogP contribution is 2.35. The molecule has 2 N–H and O–H groups in total. The molecule has 0 saturated carbocycles. The molecule has 1 aliphatic heterocycles. The molecule has 2 rings (SSSR count). The van der Waals surface area contributed by atoms with Crippen molar-refractivity contribution in [2.45, 2.75) is 31.7 Å². The van der Waals surface area contributed by atoms with Crippen molar-refractivity contribution < 1.29 is 8.42 Å². The molecule has 1 fully saturated rings. The fourth-order valence-electron chi connectivity index (χ4n) is 2.83. The van der Waals surface area contributed by atoms with E-state index in [1.807, 2.05) is 32.0 Å². The predicted octanol–water partition coefficient (Wildman–Crippen LogP) is 2.62. The molecular formula is C16H23Cl2N3O2S. The van der Waals surface area contributed by atoms with E-state index >= 15 is 0 Å². The second kappa shape index (κ2) is 7.50. The molecule has 0 spiro atoms. The number of guanidine groups is 1. The van der Waals surface area contributed by atoms with Crippen molar-refractivity contribution in [2.24, 2.45) is 4.99 Å². The van der Waals surface area contributed by atoms with Crippen LogP contribution in [0.25, 0.3) is 0 Å². The third-order valence-corrected chi connectivity index (χ3v) is 6.53. The first kappa shape index (κ1) is 19.3. The van der Waals surface area contributed by atoms with E-state index in [-0.39, 0.29) is 23.0 Å². The number of sulfone groups is 1. The quantitative estimate of drug-likeness (QED) is 0.611. The van der Waals surface area contributed by atoms with Crippen LogP contribution < -0.4 is 10.6 Å². The Bertz CT molecular complexity index is 713. The summed E-state index contributed by atoms with van der Waals surface area (Å²) in [6, 6.07) is 5.36. The molecule has 134 valence electrons. The largest absolute Gasteiger partial charge is 0.356 e. The zero-order valence-electron chi connectivity index (χ0n) is 14.1. The lowest BCUT2D eigenvalue weighted by Crippen LogP contribution is -2.47. The summed E-state index contributed by atoms with van der Waals surface area (Å²) < 4.78 is 23.1. The molecule has 1 saturated heterocycles. The van der Waals surface area contributed by atoms with Gasteiger partial charge in [0.2, 0.25) is 0 Å². The Kier molecular flexibility index (Phi) is 6.04. The van der Waals surface area contributed by atoms with Gasteiger partial charge >= 0.3 is 0 Å². The molecule has 0 radical (unpaired) electrons. The van der Waals surface area contributed by atoms with E-state index in [2.05, 4.69) is 15.6 Å². The van der Waals surface area contributed by atoms with Gasteiger partial charge in [-0.3, -0.25) is 4.99 Å². The Morgan fingerprint density at radius 2 is 1.96 bits per heavy atom. The maximum Gasteiger partial charge on any atom is 0.191 e. The van der Waals surface area contributed by atoms with Crippen LogP contribution in [-0.4, -0.2) is 45.5 Å². The molecule has 8 heteroatoms. The summed E-state index contributed by atoms with van der Waals surface area (Å²) in [5.41, 5.74) is 0.550. The second-order valence-corrected chi connectivity index (χ2v) is 9.69. The second-order valence-electron chi connectivity index (χ2n) is 6.65. The smallest absolute Gasteiger partial charge is 0.191 e. The fourth-order valence-corrected chi connectivity index (χ4v) is 5.42. The fraction of sp³-hybridized carbons (Fsp3) is 0.562. The summed E-state index contributed by atoms with van der Waals surface area (Å²) >= 11 is 12.6. The zero-order valence-corrected chi connectivity index (χ0v) is 16.4. The predicted molar refractivity (Wildman–Crippen MR) is 101 cm³/mol. The Labute approximate surface area is 153 Å². The number of aliphatic imine (C=N–C) groups is 1. The normalized spacial score (nSPS) is 20.9. The van der Waals surface area contributed by atoms with Crippen LogP contribution in [0.1, 0.15) is 25.8 Å². The number of benzene rings is 1. The Balaban J connectivity index is 2.02. The third-order valence-electron chi connectivity index (χ3n) is 4.13. The van der Waals surface area contributed by atoms with Crippen molar-refractivity contribution in [1.82, 2.24) is 10.6 Å². The minimum absolute atomic E-state index is 0.104. The van der Waals surface area contributed by atoms with Crippen LogP contribution in [0.5, 0.6) is 0 Å². The number of halogens is 2. The van der Waals surface area contributed by atoms with E-state index < -0.39 is 9.84 Å². The van der Waals surface area contributed by atoms with E-state index in [1.165, 1.54) is 0 Å². The molecule has 1 heterocycles. The highest BCUT2D eigenvalue weighted by atomic mass is 35.5. The van der Waals surface area contributed by atoms with E-state index in [4.69, 9.17) is 23.2 Å². The molecule has 1 aromatic rings. The first-order chi connectivity index (χ1) is 11.1. The van der Waals surface area contributed by atoms with Gasteiger partial charge in [-0.05, 0) is 24.1 Å². The van der Waals surface area contributed by atoms with Crippen molar-refractivity contribution >= 4 is 39.0 Å². The summed E-state index contributed by atoms with van der Waals surface area (Å²) in [6.45, 7) is 4.64. The van der Waals surface area contributed by atoms with Crippen molar-refractivity contribution in [3.8, 4) is 0 Å². The van der Waals surface area contributed by atoms with Crippen molar-refractivity contribution in [3.63, 3.8) is 0 Å². The van der Waals surface area contributed by atoms with Crippen molar-refractivity contribution in [1.29, 1.82) is 0 Å². The van der Waals surface area contributed by atoms with E-state index in [0.29, 0.717) is 29.0 Å². The van der Waals surface area contributed by atoms with Crippen LogP contribution >= 0.6 is 23.2 Å². The summed E-state index contributed by atoms with van der Waals surface area (Å²) in [5, 5.41) is 7.66. The topological polar surface area (TPSA) is 70.6 Å². The third kappa shape index (κ3) is 4.77. The number of rotatable bonds is 4.